The van der Waals surface area contributed by atoms with Crippen LogP contribution in [0.3, 0.4) is 0 Å². The Kier molecular flexibility index (Phi) is 4.88. The summed E-state index contributed by atoms with van der Waals surface area (Å²) in [5.41, 5.74) is 0.512. The van der Waals surface area contributed by atoms with Gasteiger partial charge in [0.15, 0.2) is 0 Å². The second kappa shape index (κ2) is 6.19. The van der Waals surface area contributed by atoms with Gasteiger partial charge in [-0.2, -0.15) is 0 Å². The second-order valence-corrected chi connectivity index (χ2v) is 3.14. The van der Waals surface area contributed by atoms with Crippen molar-refractivity contribution in [2.75, 3.05) is 21.0 Å². The predicted molar refractivity (Wildman–Crippen MR) is 56.5 cm³/mol. The second-order valence-electron chi connectivity index (χ2n) is 3.14. The molecule has 0 fully saturated rings. The number of rotatable bonds is 5. The minimum Gasteiger partial charge on any atom is -0.380 e. The number of carbonyl (C=O) groups is 1. The van der Waals surface area contributed by atoms with E-state index < -0.39 is 5.82 Å². The summed E-state index contributed by atoms with van der Waals surface area (Å²) in [6.07, 6.45) is 0. The van der Waals surface area contributed by atoms with Crippen LogP contribution in [0.4, 0.5) is 4.39 Å². The Morgan fingerprint density at radius 1 is 1.38 bits per heavy atom. The summed E-state index contributed by atoms with van der Waals surface area (Å²) >= 11 is 0. The Hall–Kier alpha value is -1.46. The molecule has 0 unspecified atom stereocenters. The molecule has 1 N–H and O–H groups in total. The van der Waals surface area contributed by atoms with Crippen LogP contribution in [0.2, 0.25) is 0 Å². The van der Waals surface area contributed by atoms with Gasteiger partial charge in [-0.15, -0.1) is 0 Å². The first kappa shape index (κ1) is 12.6. The largest absolute Gasteiger partial charge is 0.380 e. The van der Waals surface area contributed by atoms with Crippen molar-refractivity contribution in [1.29, 1.82) is 0 Å². The Labute approximate surface area is 93.4 Å². The number of nitrogens with one attached hydrogen (secondary N) is 1. The number of hydrogen-bond acceptors (Lipinski definition) is 3. The Balaban J connectivity index is 2.93. The number of benzene rings is 1. The van der Waals surface area contributed by atoms with E-state index in [1.165, 1.54) is 26.4 Å². The average molecular weight is 227 g/mol. The van der Waals surface area contributed by atoms with Gasteiger partial charge in [-0.25, -0.2) is 4.39 Å². The van der Waals surface area contributed by atoms with Gasteiger partial charge in [0.1, 0.15) is 12.5 Å². The summed E-state index contributed by atoms with van der Waals surface area (Å²) in [6, 6.07) is 4.32. The van der Waals surface area contributed by atoms with Crippen LogP contribution in [-0.4, -0.2) is 26.9 Å². The van der Waals surface area contributed by atoms with Gasteiger partial charge in [0.25, 0.3) is 5.91 Å². The van der Waals surface area contributed by atoms with Gasteiger partial charge in [0.05, 0.1) is 6.61 Å². The van der Waals surface area contributed by atoms with Crippen molar-refractivity contribution in [3.8, 4) is 0 Å². The lowest BCUT2D eigenvalue weighted by Gasteiger charge is -2.09. The third-order valence-corrected chi connectivity index (χ3v) is 2.03. The number of halogens is 1. The van der Waals surface area contributed by atoms with E-state index in [1.54, 1.807) is 6.07 Å². The molecule has 1 amide bonds. The summed E-state index contributed by atoms with van der Waals surface area (Å²) in [5, 5.41) is 2.49. The zero-order valence-electron chi connectivity index (χ0n) is 9.25. The lowest BCUT2D eigenvalue weighted by molar-refractivity contribution is 0.0866. The quantitative estimate of drug-likeness (QED) is 0.771. The molecular weight excluding hydrogens is 213 g/mol. The Morgan fingerprint density at radius 2 is 2.12 bits per heavy atom. The summed E-state index contributed by atoms with van der Waals surface area (Å²) in [4.78, 5) is 11.6. The summed E-state index contributed by atoms with van der Waals surface area (Å²) in [5.74, 6) is -0.833. The summed E-state index contributed by atoms with van der Waals surface area (Å²) in [6.45, 7) is 0.143. The summed E-state index contributed by atoms with van der Waals surface area (Å²) in [7, 11) is 2.91. The molecule has 0 saturated heterocycles. The van der Waals surface area contributed by atoms with E-state index in [2.05, 4.69) is 5.32 Å². The van der Waals surface area contributed by atoms with Crippen LogP contribution in [0.1, 0.15) is 15.9 Å². The fourth-order valence-electron chi connectivity index (χ4n) is 1.30. The predicted octanol–water partition coefficient (Wildman–Crippen LogP) is 1.31. The third kappa shape index (κ3) is 3.01. The Bertz CT molecular complexity index is 368. The molecule has 0 aliphatic carbocycles. The maximum Gasteiger partial charge on any atom is 0.253 e. The van der Waals surface area contributed by atoms with E-state index in [4.69, 9.17) is 9.47 Å². The number of methoxy groups -OCH3 is 2. The van der Waals surface area contributed by atoms with Crippen molar-refractivity contribution in [2.45, 2.75) is 6.61 Å². The minimum atomic E-state index is -0.452. The van der Waals surface area contributed by atoms with E-state index in [0.717, 1.165) is 0 Å². The van der Waals surface area contributed by atoms with Crippen molar-refractivity contribution in [3.05, 3.63) is 35.1 Å². The first-order chi connectivity index (χ1) is 7.70. The molecule has 0 aliphatic heterocycles. The lowest BCUT2D eigenvalue weighted by atomic mass is 10.1. The standard InChI is InChI=1S/C11H14FNO3/c1-15-6-9-8(4-3-5-10(9)12)11(14)13-7-16-2/h3-5H,6-7H2,1-2H3,(H,13,14). The molecule has 0 atom stereocenters. The molecule has 0 saturated carbocycles. The van der Waals surface area contributed by atoms with Crippen molar-refractivity contribution < 1.29 is 18.7 Å². The van der Waals surface area contributed by atoms with Crippen molar-refractivity contribution >= 4 is 5.91 Å². The smallest absolute Gasteiger partial charge is 0.253 e. The SMILES string of the molecule is COCNC(=O)c1cccc(F)c1COC. The van der Waals surface area contributed by atoms with Crippen LogP contribution in [0.25, 0.3) is 0 Å². The van der Waals surface area contributed by atoms with Crippen LogP contribution in [0.5, 0.6) is 0 Å². The highest BCUT2D eigenvalue weighted by molar-refractivity contribution is 5.95. The maximum absolute atomic E-state index is 13.4. The topological polar surface area (TPSA) is 47.6 Å². The van der Waals surface area contributed by atoms with Crippen LogP contribution in [-0.2, 0) is 16.1 Å². The molecule has 1 rings (SSSR count). The molecule has 16 heavy (non-hydrogen) atoms. The number of amides is 1. The number of carbonyl (C=O) groups excluding carboxylic acids is 1. The van der Waals surface area contributed by atoms with Gasteiger partial charge in [0, 0.05) is 25.3 Å². The molecule has 1 aromatic rings. The Morgan fingerprint density at radius 3 is 2.75 bits per heavy atom. The van der Waals surface area contributed by atoms with Gasteiger partial charge in [0.2, 0.25) is 0 Å². The highest BCUT2D eigenvalue weighted by atomic mass is 19.1. The number of hydrogen-bond donors (Lipinski definition) is 1. The first-order valence-corrected chi connectivity index (χ1v) is 4.74. The van der Waals surface area contributed by atoms with Crippen molar-refractivity contribution in [1.82, 2.24) is 5.32 Å². The monoisotopic (exact) mass is 227 g/mol. The third-order valence-electron chi connectivity index (χ3n) is 2.03. The highest BCUT2D eigenvalue weighted by Crippen LogP contribution is 2.14. The van der Waals surface area contributed by atoms with Gasteiger partial charge in [-0.1, -0.05) is 6.07 Å². The zero-order chi connectivity index (χ0) is 12.0. The molecule has 88 valence electrons. The van der Waals surface area contributed by atoms with Crippen molar-refractivity contribution in [2.24, 2.45) is 0 Å². The normalized spacial score (nSPS) is 10.2. The first-order valence-electron chi connectivity index (χ1n) is 4.74. The molecule has 1 aromatic carbocycles. The molecule has 0 aliphatic rings. The van der Waals surface area contributed by atoms with Crippen LogP contribution in [0.15, 0.2) is 18.2 Å². The van der Waals surface area contributed by atoms with Crippen LogP contribution < -0.4 is 5.32 Å². The summed E-state index contributed by atoms with van der Waals surface area (Å²) < 4.78 is 23.0. The van der Waals surface area contributed by atoms with Crippen LogP contribution >= 0.6 is 0 Å². The molecule has 0 heterocycles. The lowest BCUT2D eigenvalue weighted by Crippen LogP contribution is -2.26. The van der Waals surface area contributed by atoms with E-state index in [1.807, 2.05) is 0 Å². The molecule has 5 heteroatoms. The van der Waals surface area contributed by atoms with Crippen LogP contribution in [0, 0.1) is 5.82 Å². The van der Waals surface area contributed by atoms with E-state index >= 15 is 0 Å². The maximum atomic E-state index is 13.4. The molecule has 0 bridgehead atoms. The molecule has 0 spiro atoms. The highest BCUT2D eigenvalue weighted by Gasteiger charge is 2.14. The zero-order valence-corrected chi connectivity index (χ0v) is 9.25. The average Bonchev–Trinajstić information content (AvgIpc) is 2.29. The molecule has 0 aromatic heterocycles. The van der Waals surface area contributed by atoms with E-state index in [9.17, 15) is 9.18 Å². The van der Waals surface area contributed by atoms with Gasteiger partial charge in [-0.3, -0.25) is 4.79 Å². The fourth-order valence-corrected chi connectivity index (χ4v) is 1.30. The molecule has 4 nitrogen and oxygen atoms in total. The number of ether oxygens (including phenoxy) is 2. The van der Waals surface area contributed by atoms with Gasteiger partial charge >= 0.3 is 0 Å². The minimum absolute atomic E-state index is 0.0579. The van der Waals surface area contributed by atoms with Gasteiger partial charge < -0.3 is 14.8 Å². The van der Waals surface area contributed by atoms with Gasteiger partial charge in [-0.05, 0) is 12.1 Å². The van der Waals surface area contributed by atoms with E-state index in [0.29, 0.717) is 0 Å². The van der Waals surface area contributed by atoms with E-state index in [-0.39, 0.29) is 30.4 Å². The molecule has 0 radical (unpaired) electrons. The molecular formula is C11H14FNO3. The fraction of sp³-hybridized carbons (Fsp3) is 0.364. The van der Waals surface area contributed by atoms with Crippen molar-refractivity contribution in [3.63, 3.8) is 0 Å².